The van der Waals surface area contributed by atoms with E-state index in [2.05, 4.69) is 339 Å². The van der Waals surface area contributed by atoms with Crippen LogP contribution in [0.4, 0.5) is 0 Å². The second-order valence-corrected chi connectivity index (χ2v) is 27.3. The summed E-state index contributed by atoms with van der Waals surface area (Å²) in [5.41, 5.74) is 31.5. The Balaban J connectivity index is 0.000000149. The Bertz CT molecular complexity index is 5990. The van der Waals surface area contributed by atoms with Gasteiger partial charge < -0.3 is 0 Å². The van der Waals surface area contributed by atoms with E-state index in [1.165, 1.54) is 83.1 Å². The van der Waals surface area contributed by atoms with Crippen molar-refractivity contribution < 1.29 is 0 Å². The Morgan fingerprint density at radius 3 is 1.09 bits per heavy atom. The SMILES string of the molecule is CC1(C)c2ccc(-c3ccc(-c4cc(-c5ccncc5)nc(-c5cccc(-c6ccccc6)c5)n4)cc3)cc2-c2c1ccc1ccccc21.c1ccc(-c2cccc(-c3nc(-c4ccncc4)cc(-c4ccc(-c5ccc6c(c5)-c5ccccc5C6(c5ccccc5)c5ccccc5)cc4)n3)c2)cc1. The second-order valence-electron chi connectivity index (χ2n) is 27.3. The van der Waals surface area contributed by atoms with Gasteiger partial charge in [0.25, 0.3) is 0 Å². The molecule has 0 radical (unpaired) electrons. The number of aromatic nitrogens is 6. The van der Waals surface area contributed by atoms with Gasteiger partial charge in [-0.05, 0) is 172 Å². The molecule has 0 unspecified atom stereocenters. The highest BCUT2D eigenvalue weighted by atomic mass is 14.9. The minimum Gasteiger partial charge on any atom is -0.265 e. The van der Waals surface area contributed by atoms with Crippen LogP contribution in [0.2, 0.25) is 0 Å². The van der Waals surface area contributed by atoms with Crippen molar-refractivity contribution in [2.75, 3.05) is 0 Å². The third kappa shape index (κ3) is 11.5. The molecule has 490 valence electrons. The fourth-order valence-electron chi connectivity index (χ4n) is 15.7. The van der Waals surface area contributed by atoms with Crippen molar-refractivity contribution in [3.05, 3.63) is 410 Å². The lowest BCUT2D eigenvalue weighted by Gasteiger charge is -2.33. The molecule has 19 rings (SSSR count). The molecule has 2 aliphatic rings. The molecule has 2 aliphatic carbocycles. The highest BCUT2D eigenvalue weighted by Gasteiger charge is 2.46. The fraction of sp³-hybridized carbons (Fsp3) is 0.0408. The van der Waals surface area contributed by atoms with E-state index in [1.807, 2.05) is 36.4 Å². The summed E-state index contributed by atoms with van der Waals surface area (Å²) in [5, 5.41) is 2.60. The standard InChI is InChI=1S/C52H35N3.C46H33N3/c1-4-13-36(14-5-1)40-15-12-16-42(33-40)51-54-49(35-50(55-51)39-29-31-53-32-30-39)38-25-23-37(24-26-38)41-27-28-48-46(34-41)45-21-10-11-22-47(45)52(48,43-17-6-2-7-18-43)44-19-8-3-9-20-44;1-46(2)40-21-20-36(28-39(40)44-38-14-7-6-11-32(38)19-22-41(44)46)31-15-17-33(18-16-31)42-29-43(34-23-25-47-26-24-34)49-45(48-42)37-13-8-12-35(27-37)30-9-4-3-5-10-30/h1-35H;3-29H,1-2H3. The van der Waals surface area contributed by atoms with Gasteiger partial charge in [0, 0.05) is 63.6 Å². The Hall–Kier alpha value is -13.4. The van der Waals surface area contributed by atoms with Crippen LogP contribution in [-0.4, -0.2) is 29.9 Å². The van der Waals surface area contributed by atoms with Crippen LogP contribution in [0.15, 0.2) is 377 Å². The van der Waals surface area contributed by atoms with Gasteiger partial charge in [-0.15, -0.1) is 0 Å². The Labute approximate surface area is 606 Å². The highest BCUT2D eigenvalue weighted by molar-refractivity contribution is 6.03. The summed E-state index contributed by atoms with van der Waals surface area (Å²) >= 11 is 0. The molecule has 6 nitrogen and oxygen atoms in total. The molecule has 0 spiro atoms. The van der Waals surface area contributed by atoms with E-state index < -0.39 is 5.41 Å². The van der Waals surface area contributed by atoms with E-state index in [0.717, 1.165) is 84.0 Å². The molecule has 0 N–H and O–H groups in total. The summed E-state index contributed by atoms with van der Waals surface area (Å²) in [7, 11) is 0. The van der Waals surface area contributed by atoms with Crippen molar-refractivity contribution in [1.82, 2.24) is 29.9 Å². The normalized spacial score (nSPS) is 12.7. The number of fused-ring (bicyclic) bond motifs is 8. The molecule has 0 atom stereocenters. The lowest BCUT2D eigenvalue weighted by Crippen LogP contribution is -2.28. The summed E-state index contributed by atoms with van der Waals surface area (Å²) < 4.78 is 0. The lowest BCUT2D eigenvalue weighted by molar-refractivity contribution is 0.661. The minimum absolute atomic E-state index is 0.0467. The Kier molecular flexibility index (Phi) is 16.1. The maximum Gasteiger partial charge on any atom is 0.160 e. The third-order valence-corrected chi connectivity index (χ3v) is 20.9. The van der Waals surface area contributed by atoms with Crippen molar-refractivity contribution >= 4 is 10.8 Å². The van der Waals surface area contributed by atoms with Gasteiger partial charge >= 0.3 is 0 Å². The average Bonchev–Trinajstić information content (AvgIpc) is 1.55. The molecule has 13 aromatic carbocycles. The maximum atomic E-state index is 5.16. The Morgan fingerprint density at radius 2 is 0.577 bits per heavy atom. The van der Waals surface area contributed by atoms with Gasteiger partial charge in [-0.3, -0.25) is 9.97 Å². The summed E-state index contributed by atoms with van der Waals surface area (Å²) in [5.74, 6) is 1.38. The first-order valence-corrected chi connectivity index (χ1v) is 35.4. The zero-order chi connectivity index (χ0) is 69.6. The van der Waals surface area contributed by atoms with Crippen LogP contribution in [0, 0.1) is 0 Å². The number of rotatable bonds is 12. The fourth-order valence-corrected chi connectivity index (χ4v) is 15.7. The van der Waals surface area contributed by atoms with Gasteiger partial charge in [-0.25, -0.2) is 19.9 Å². The first-order chi connectivity index (χ1) is 51.3. The van der Waals surface area contributed by atoms with Gasteiger partial charge in [-0.2, -0.15) is 0 Å². The van der Waals surface area contributed by atoms with Crippen LogP contribution in [0.25, 0.3) is 145 Å². The van der Waals surface area contributed by atoms with E-state index in [0.29, 0.717) is 11.6 Å². The summed E-state index contributed by atoms with van der Waals surface area (Å²) in [6.45, 7) is 4.68. The molecule has 17 aromatic rings. The van der Waals surface area contributed by atoms with Crippen molar-refractivity contribution in [3.8, 4) is 135 Å². The molecule has 6 heteroatoms. The minimum atomic E-state index is -0.408. The number of nitrogens with zero attached hydrogens (tertiary/aromatic N) is 6. The maximum absolute atomic E-state index is 5.16. The van der Waals surface area contributed by atoms with E-state index in [1.54, 1.807) is 24.8 Å². The molecule has 0 bridgehead atoms. The second kappa shape index (κ2) is 26.6. The molecule has 0 fully saturated rings. The number of hydrogen-bond acceptors (Lipinski definition) is 6. The average molecular weight is 1330 g/mol. The molecular weight excluding hydrogens is 1260 g/mol. The van der Waals surface area contributed by atoms with E-state index in [4.69, 9.17) is 19.9 Å². The van der Waals surface area contributed by atoms with Crippen molar-refractivity contribution in [2.24, 2.45) is 0 Å². The molecular formula is C98H68N6. The van der Waals surface area contributed by atoms with Crippen LogP contribution in [0.5, 0.6) is 0 Å². The number of benzene rings is 13. The monoisotopic (exact) mass is 1330 g/mol. The summed E-state index contributed by atoms with van der Waals surface area (Å²) in [6.07, 6.45) is 7.22. The molecule has 4 heterocycles. The molecule has 0 amide bonds. The largest absolute Gasteiger partial charge is 0.265 e. The van der Waals surface area contributed by atoms with Crippen LogP contribution in [0.3, 0.4) is 0 Å². The lowest BCUT2D eigenvalue weighted by atomic mass is 9.67. The smallest absolute Gasteiger partial charge is 0.160 e. The van der Waals surface area contributed by atoms with E-state index in [9.17, 15) is 0 Å². The molecule has 104 heavy (non-hydrogen) atoms. The topological polar surface area (TPSA) is 77.3 Å². The van der Waals surface area contributed by atoms with Crippen LogP contribution in [-0.2, 0) is 10.8 Å². The van der Waals surface area contributed by atoms with Crippen molar-refractivity contribution in [1.29, 1.82) is 0 Å². The highest BCUT2D eigenvalue weighted by Crippen LogP contribution is 2.57. The molecule has 0 saturated carbocycles. The van der Waals surface area contributed by atoms with Gasteiger partial charge in [0.2, 0.25) is 0 Å². The zero-order valence-electron chi connectivity index (χ0n) is 57.5. The van der Waals surface area contributed by atoms with Gasteiger partial charge in [-0.1, -0.05) is 305 Å². The Morgan fingerprint density at radius 1 is 0.221 bits per heavy atom. The van der Waals surface area contributed by atoms with E-state index >= 15 is 0 Å². The van der Waals surface area contributed by atoms with Gasteiger partial charge in [0.05, 0.1) is 28.2 Å². The van der Waals surface area contributed by atoms with Crippen molar-refractivity contribution in [2.45, 2.75) is 24.7 Å². The van der Waals surface area contributed by atoms with Gasteiger partial charge in [0.15, 0.2) is 11.6 Å². The quantitative estimate of drug-likeness (QED) is 0.121. The molecule has 0 saturated heterocycles. The first-order valence-electron chi connectivity index (χ1n) is 35.4. The first kappa shape index (κ1) is 62.8. The summed E-state index contributed by atoms with van der Waals surface area (Å²) in [4.78, 5) is 28.9. The third-order valence-electron chi connectivity index (χ3n) is 20.9. The van der Waals surface area contributed by atoms with Crippen LogP contribution < -0.4 is 0 Å². The molecule has 0 aliphatic heterocycles. The predicted molar refractivity (Wildman–Crippen MR) is 426 cm³/mol. The predicted octanol–water partition coefficient (Wildman–Crippen LogP) is 24.2. The van der Waals surface area contributed by atoms with Crippen LogP contribution >= 0.6 is 0 Å². The van der Waals surface area contributed by atoms with Gasteiger partial charge in [0.1, 0.15) is 0 Å². The summed E-state index contributed by atoms with van der Waals surface area (Å²) in [6, 6.07) is 126. The van der Waals surface area contributed by atoms with E-state index in [-0.39, 0.29) is 5.41 Å². The van der Waals surface area contributed by atoms with Crippen molar-refractivity contribution in [3.63, 3.8) is 0 Å². The van der Waals surface area contributed by atoms with Crippen LogP contribution in [0.1, 0.15) is 47.2 Å². The molecule has 4 aromatic heterocycles. The number of hydrogen-bond donors (Lipinski definition) is 0. The number of pyridine rings is 2. The zero-order valence-corrected chi connectivity index (χ0v) is 57.5.